The highest BCUT2D eigenvalue weighted by Gasteiger charge is 2.30. The van der Waals surface area contributed by atoms with E-state index in [1.54, 1.807) is 0 Å². The fourth-order valence-corrected chi connectivity index (χ4v) is 1.01. The van der Waals surface area contributed by atoms with E-state index in [1.165, 1.54) is 33.2 Å². The molecular formula is C9H13N3O4. The lowest BCUT2D eigenvalue weighted by atomic mass is 10.1. The van der Waals surface area contributed by atoms with Crippen molar-refractivity contribution < 1.29 is 18.8 Å². The van der Waals surface area contributed by atoms with Crippen molar-refractivity contribution >= 4 is 17.9 Å². The average Bonchev–Trinajstić information content (AvgIpc) is 2.67. The van der Waals surface area contributed by atoms with Crippen molar-refractivity contribution in [2.75, 3.05) is 12.4 Å². The molecule has 0 saturated heterocycles. The Hall–Kier alpha value is -2.05. The van der Waals surface area contributed by atoms with Crippen molar-refractivity contribution in [3.05, 3.63) is 12.3 Å². The molecule has 1 heterocycles. The molecule has 1 aromatic rings. The van der Waals surface area contributed by atoms with Crippen molar-refractivity contribution in [1.29, 1.82) is 0 Å². The number of nitrogens with zero attached hydrogens (tertiary/aromatic N) is 1. The van der Waals surface area contributed by atoms with Crippen molar-refractivity contribution in [3.8, 4) is 0 Å². The Bertz CT molecular complexity index is 372. The van der Waals surface area contributed by atoms with Crippen LogP contribution >= 0.6 is 0 Å². The van der Waals surface area contributed by atoms with Crippen LogP contribution < -0.4 is 10.6 Å². The van der Waals surface area contributed by atoms with Gasteiger partial charge in [-0.3, -0.25) is 5.32 Å². The van der Waals surface area contributed by atoms with Crippen LogP contribution in [0.25, 0.3) is 0 Å². The number of hydrogen-bond donors (Lipinski definition) is 2. The molecule has 0 radical (unpaired) electrons. The van der Waals surface area contributed by atoms with E-state index in [4.69, 9.17) is 0 Å². The number of anilines is 1. The van der Waals surface area contributed by atoms with Crippen molar-refractivity contribution in [2.45, 2.75) is 19.4 Å². The Morgan fingerprint density at radius 3 is 2.69 bits per heavy atom. The molecule has 2 N–H and O–H groups in total. The van der Waals surface area contributed by atoms with E-state index in [0.717, 1.165) is 0 Å². The number of urea groups is 1. The van der Waals surface area contributed by atoms with Crippen LogP contribution in [0.4, 0.5) is 10.7 Å². The molecule has 1 rings (SSSR count). The van der Waals surface area contributed by atoms with E-state index >= 15 is 0 Å². The van der Waals surface area contributed by atoms with E-state index in [9.17, 15) is 9.59 Å². The fourth-order valence-electron chi connectivity index (χ4n) is 1.01. The number of amides is 2. The molecule has 0 aliphatic rings. The van der Waals surface area contributed by atoms with Gasteiger partial charge in [0.1, 0.15) is 5.54 Å². The lowest BCUT2D eigenvalue weighted by molar-refractivity contribution is -0.146. The number of aromatic nitrogens is 1. The van der Waals surface area contributed by atoms with Gasteiger partial charge in [-0.15, -0.1) is 0 Å². The summed E-state index contributed by atoms with van der Waals surface area (Å²) in [7, 11) is 1.25. The Balaban J connectivity index is 2.54. The van der Waals surface area contributed by atoms with Gasteiger partial charge in [0.25, 0.3) is 0 Å². The molecule has 0 unspecified atom stereocenters. The largest absolute Gasteiger partial charge is 0.467 e. The summed E-state index contributed by atoms with van der Waals surface area (Å²) < 4.78 is 9.20. The maximum Gasteiger partial charge on any atom is 0.331 e. The summed E-state index contributed by atoms with van der Waals surface area (Å²) in [5.41, 5.74) is -1.11. The van der Waals surface area contributed by atoms with Gasteiger partial charge in [0, 0.05) is 6.07 Å². The van der Waals surface area contributed by atoms with Gasteiger partial charge >= 0.3 is 12.0 Å². The first kappa shape index (κ1) is 12.0. The smallest absolute Gasteiger partial charge is 0.331 e. The predicted molar refractivity (Wildman–Crippen MR) is 54.8 cm³/mol. The highest BCUT2D eigenvalue weighted by atomic mass is 16.5. The zero-order valence-corrected chi connectivity index (χ0v) is 9.23. The van der Waals surface area contributed by atoms with Gasteiger partial charge in [-0.2, -0.15) is 0 Å². The minimum Gasteiger partial charge on any atom is -0.467 e. The number of carbonyl (C=O) groups is 2. The van der Waals surface area contributed by atoms with Crippen molar-refractivity contribution in [2.24, 2.45) is 0 Å². The monoisotopic (exact) mass is 227 g/mol. The molecule has 0 saturated carbocycles. The van der Waals surface area contributed by atoms with Crippen LogP contribution in [0, 0.1) is 0 Å². The summed E-state index contributed by atoms with van der Waals surface area (Å²) in [6, 6.07) is 0.900. The number of hydrogen-bond acceptors (Lipinski definition) is 5. The third-order valence-electron chi connectivity index (χ3n) is 1.80. The second-order valence-electron chi connectivity index (χ2n) is 3.57. The van der Waals surface area contributed by atoms with Gasteiger partial charge in [-0.05, 0) is 13.8 Å². The lowest BCUT2D eigenvalue weighted by Crippen LogP contribution is -2.51. The highest BCUT2D eigenvalue weighted by molar-refractivity contribution is 5.92. The van der Waals surface area contributed by atoms with Crippen LogP contribution in [0.1, 0.15) is 13.8 Å². The lowest BCUT2D eigenvalue weighted by Gasteiger charge is -2.22. The summed E-state index contributed by atoms with van der Waals surface area (Å²) in [4.78, 5) is 22.7. The predicted octanol–water partition coefficient (Wildman–Crippen LogP) is 0.748. The number of rotatable bonds is 3. The average molecular weight is 227 g/mol. The molecular weight excluding hydrogens is 214 g/mol. The molecule has 88 valence electrons. The minimum atomic E-state index is -1.11. The first-order valence-corrected chi connectivity index (χ1v) is 4.54. The van der Waals surface area contributed by atoms with Gasteiger partial charge in [0.2, 0.25) is 5.88 Å². The normalized spacial score (nSPS) is 10.7. The third-order valence-corrected chi connectivity index (χ3v) is 1.80. The summed E-state index contributed by atoms with van der Waals surface area (Å²) >= 11 is 0. The van der Waals surface area contributed by atoms with E-state index in [1.807, 2.05) is 0 Å². The van der Waals surface area contributed by atoms with Crippen molar-refractivity contribution in [1.82, 2.24) is 10.5 Å². The molecule has 16 heavy (non-hydrogen) atoms. The molecule has 0 aliphatic heterocycles. The number of methoxy groups -OCH3 is 1. The van der Waals surface area contributed by atoms with Gasteiger partial charge < -0.3 is 14.6 Å². The minimum absolute atomic E-state index is 0.193. The second-order valence-corrected chi connectivity index (χ2v) is 3.57. The summed E-state index contributed by atoms with van der Waals surface area (Å²) in [6.45, 7) is 3.05. The first-order chi connectivity index (χ1) is 7.45. The van der Waals surface area contributed by atoms with Gasteiger partial charge in [-0.25, -0.2) is 9.59 Å². The molecule has 0 aliphatic carbocycles. The summed E-state index contributed by atoms with van der Waals surface area (Å²) in [5, 5.41) is 8.22. The summed E-state index contributed by atoms with van der Waals surface area (Å²) in [5.74, 6) is -0.349. The molecule has 0 fully saturated rings. The van der Waals surface area contributed by atoms with E-state index in [2.05, 4.69) is 25.1 Å². The van der Waals surface area contributed by atoms with Gasteiger partial charge in [0.15, 0.2) is 0 Å². The SMILES string of the molecule is COC(=O)C(C)(C)NC(=O)Nc1ccno1. The number of nitrogens with one attached hydrogen (secondary N) is 2. The Labute approximate surface area is 92.1 Å². The molecule has 0 bridgehead atoms. The molecule has 0 atom stereocenters. The third kappa shape index (κ3) is 2.97. The maximum absolute atomic E-state index is 11.4. The Morgan fingerprint density at radius 2 is 2.19 bits per heavy atom. The number of carbonyl (C=O) groups excluding carboxylic acids is 2. The van der Waals surface area contributed by atoms with E-state index in [-0.39, 0.29) is 5.88 Å². The number of ether oxygens (including phenoxy) is 1. The summed E-state index contributed by atoms with van der Waals surface area (Å²) in [6.07, 6.45) is 1.39. The molecule has 7 nitrogen and oxygen atoms in total. The zero-order valence-electron chi connectivity index (χ0n) is 9.23. The maximum atomic E-state index is 11.4. The van der Waals surface area contributed by atoms with Gasteiger partial charge in [-0.1, -0.05) is 5.16 Å². The van der Waals surface area contributed by atoms with Crippen molar-refractivity contribution in [3.63, 3.8) is 0 Å². The fraction of sp³-hybridized carbons (Fsp3) is 0.444. The van der Waals surface area contributed by atoms with Crippen LogP contribution in [0.2, 0.25) is 0 Å². The Morgan fingerprint density at radius 1 is 1.50 bits per heavy atom. The van der Waals surface area contributed by atoms with Crippen LogP contribution in [-0.2, 0) is 9.53 Å². The zero-order chi connectivity index (χ0) is 12.2. The van der Waals surface area contributed by atoms with Gasteiger partial charge in [0.05, 0.1) is 13.3 Å². The Kier molecular flexibility index (Phi) is 3.49. The molecule has 1 aromatic heterocycles. The quantitative estimate of drug-likeness (QED) is 0.743. The molecule has 0 spiro atoms. The molecule has 2 amide bonds. The number of esters is 1. The standard InChI is InChI=1S/C9H13N3O4/c1-9(2,7(13)15-3)12-8(14)11-6-4-5-10-16-6/h4-5H,1-3H3,(H2,11,12,14). The van der Waals surface area contributed by atoms with Crippen LogP contribution in [0.3, 0.4) is 0 Å². The van der Waals surface area contributed by atoms with Crippen LogP contribution in [0.5, 0.6) is 0 Å². The first-order valence-electron chi connectivity index (χ1n) is 4.54. The van der Waals surface area contributed by atoms with E-state index < -0.39 is 17.5 Å². The topological polar surface area (TPSA) is 93.5 Å². The van der Waals surface area contributed by atoms with Crippen LogP contribution in [0.15, 0.2) is 16.8 Å². The molecule has 0 aromatic carbocycles. The van der Waals surface area contributed by atoms with E-state index in [0.29, 0.717) is 0 Å². The van der Waals surface area contributed by atoms with Crippen LogP contribution in [-0.4, -0.2) is 29.8 Å². The molecule has 7 heteroatoms. The second kappa shape index (κ2) is 4.65. The highest BCUT2D eigenvalue weighted by Crippen LogP contribution is 2.07.